The fourth-order valence-electron chi connectivity index (χ4n) is 2.61. The first kappa shape index (κ1) is 20.4. The van der Waals surface area contributed by atoms with Gasteiger partial charge in [0.05, 0.1) is 6.61 Å². The standard InChI is InChI=1S/C19H33O3P/c1-2-3-4-5-6-7-8-9-10-14-17-23(20,21)22-18-19-15-12-11-13-16-19/h11-13,15-16H,2-10,14,17-18H2,1H3,(H,20,21). The Morgan fingerprint density at radius 3 is 1.96 bits per heavy atom. The van der Waals surface area contributed by atoms with Crippen LogP contribution in [0.25, 0.3) is 0 Å². The topological polar surface area (TPSA) is 46.5 Å². The van der Waals surface area contributed by atoms with E-state index in [1.54, 1.807) is 0 Å². The molecule has 1 unspecified atom stereocenters. The molecule has 132 valence electrons. The molecule has 1 atom stereocenters. The third-order valence-electron chi connectivity index (χ3n) is 4.07. The number of hydrogen-bond donors (Lipinski definition) is 1. The van der Waals surface area contributed by atoms with E-state index in [1.165, 1.54) is 44.9 Å². The summed E-state index contributed by atoms with van der Waals surface area (Å²) in [5.41, 5.74) is 0.935. The summed E-state index contributed by atoms with van der Waals surface area (Å²) in [6, 6.07) is 9.54. The predicted molar refractivity (Wildman–Crippen MR) is 97.8 cm³/mol. The van der Waals surface area contributed by atoms with Gasteiger partial charge in [-0.2, -0.15) is 0 Å². The van der Waals surface area contributed by atoms with E-state index in [1.807, 2.05) is 30.3 Å². The van der Waals surface area contributed by atoms with E-state index in [0.29, 0.717) is 0 Å². The van der Waals surface area contributed by atoms with Gasteiger partial charge in [0.15, 0.2) is 0 Å². The van der Waals surface area contributed by atoms with E-state index < -0.39 is 7.60 Å². The molecule has 0 saturated carbocycles. The molecular weight excluding hydrogens is 307 g/mol. The van der Waals surface area contributed by atoms with Gasteiger partial charge in [0.25, 0.3) is 0 Å². The van der Waals surface area contributed by atoms with E-state index in [0.717, 1.165) is 24.8 Å². The molecule has 1 aromatic carbocycles. The Morgan fingerprint density at radius 1 is 0.870 bits per heavy atom. The summed E-state index contributed by atoms with van der Waals surface area (Å²) in [5, 5.41) is 0. The molecule has 0 spiro atoms. The molecule has 0 fully saturated rings. The van der Waals surface area contributed by atoms with Gasteiger partial charge in [0, 0.05) is 6.16 Å². The zero-order valence-electron chi connectivity index (χ0n) is 14.6. The Kier molecular flexibility index (Phi) is 11.3. The van der Waals surface area contributed by atoms with Crippen LogP contribution in [0.4, 0.5) is 0 Å². The van der Waals surface area contributed by atoms with Gasteiger partial charge in [-0.3, -0.25) is 4.57 Å². The smallest absolute Gasteiger partial charge is 0.324 e. The number of unbranched alkanes of at least 4 members (excludes halogenated alkanes) is 9. The van der Waals surface area contributed by atoms with Crippen LogP contribution in [0.15, 0.2) is 30.3 Å². The second-order valence-electron chi connectivity index (χ2n) is 6.30. The van der Waals surface area contributed by atoms with Gasteiger partial charge in [-0.1, -0.05) is 95.0 Å². The Hall–Kier alpha value is -0.630. The van der Waals surface area contributed by atoms with Crippen molar-refractivity contribution in [2.24, 2.45) is 0 Å². The maximum absolute atomic E-state index is 12.0. The van der Waals surface area contributed by atoms with Crippen molar-refractivity contribution in [2.45, 2.75) is 77.7 Å². The van der Waals surface area contributed by atoms with Gasteiger partial charge >= 0.3 is 7.60 Å². The Balaban J connectivity index is 1.98. The molecule has 0 aliphatic carbocycles. The van der Waals surface area contributed by atoms with Crippen LogP contribution in [0.2, 0.25) is 0 Å². The highest BCUT2D eigenvalue weighted by atomic mass is 31.2. The van der Waals surface area contributed by atoms with Crippen LogP contribution in [0.3, 0.4) is 0 Å². The first-order chi connectivity index (χ1) is 11.1. The molecule has 0 amide bonds. The van der Waals surface area contributed by atoms with Crippen molar-refractivity contribution in [3.63, 3.8) is 0 Å². The van der Waals surface area contributed by atoms with Crippen LogP contribution in [-0.2, 0) is 15.7 Å². The normalized spacial score (nSPS) is 13.8. The van der Waals surface area contributed by atoms with Gasteiger partial charge in [-0.05, 0) is 12.0 Å². The molecular formula is C19H33O3P. The molecule has 0 bridgehead atoms. The zero-order chi connectivity index (χ0) is 16.8. The Labute approximate surface area is 142 Å². The highest BCUT2D eigenvalue weighted by Gasteiger charge is 2.18. The molecule has 0 heterocycles. The Bertz CT molecular complexity index is 434. The lowest BCUT2D eigenvalue weighted by Gasteiger charge is -2.12. The summed E-state index contributed by atoms with van der Waals surface area (Å²) in [5.74, 6) is 0. The number of hydrogen-bond acceptors (Lipinski definition) is 2. The lowest BCUT2D eigenvalue weighted by Crippen LogP contribution is -1.96. The van der Waals surface area contributed by atoms with Crippen LogP contribution < -0.4 is 0 Å². The van der Waals surface area contributed by atoms with Crippen molar-refractivity contribution in [3.8, 4) is 0 Å². The van der Waals surface area contributed by atoms with E-state index in [9.17, 15) is 9.46 Å². The average molecular weight is 340 g/mol. The number of benzene rings is 1. The SMILES string of the molecule is CCCCCCCCCCCCP(=O)(O)OCc1ccccc1. The molecule has 4 heteroatoms. The van der Waals surface area contributed by atoms with Crippen LogP contribution in [0.5, 0.6) is 0 Å². The second kappa shape index (κ2) is 12.8. The van der Waals surface area contributed by atoms with Gasteiger partial charge < -0.3 is 9.42 Å². The molecule has 1 N–H and O–H groups in total. The summed E-state index contributed by atoms with van der Waals surface area (Å²) in [7, 11) is -3.43. The quantitative estimate of drug-likeness (QED) is 0.319. The fourth-order valence-corrected chi connectivity index (χ4v) is 3.72. The molecule has 3 nitrogen and oxygen atoms in total. The first-order valence-electron chi connectivity index (χ1n) is 9.14. The minimum Gasteiger partial charge on any atom is -0.324 e. The van der Waals surface area contributed by atoms with Crippen LogP contribution >= 0.6 is 7.60 Å². The third kappa shape index (κ3) is 11.5. The predicted octanol–water partition coefficient (Wildman–Crippen LogP) is 6.31. The fraction of sp³-hybridized carbons (Fsp3) is 0.684. The molecule has 0 saturated heterocycles. The minimum atomic E-state index is -3.43. The summed E-state index contributed by atoms with van der Waals surface area (Å²) in [6.07, 6.45) is 12.5. The lowest BCUT2D eigenvalue weighted by atomic mass is 10.1. The highest BCUT2D eigenvalue weighted by Crippen LogP contribution is 2.43. The molecule has 0 radical (unpaired) electrons. The summed E-state index contributed by atoms with van der Waals surface area (Å²) < 4.78 is 17.2. The van der Waals surface area contributed by atoms with Gasteiger partial charge in [-0.15, -0.1) is 0 Å². The molecule has 0 aromatic heterocycles. The second-order valence-corrected chi connectivity index (χ2v) is 8.28. The van der Waals surface area contributed by atoms with Crippen molar-refractivity contribution in [1.82, 2.24) is 0 Å². The summed E-state index contributed by atoms with van der Waals surface area (Å²) in [4.78, 5) is 9.83. The van der Waals surface area contributed by atoms with Crippen molar-refractivity contribution < 1.29 is 14.0 Å². The van der Waals surface area contributed by atoms with E-state index in [2.05, 4.69) is 6.92 Å². The van der Waals surface area contributed by atoms with E-state index >= 15 is 0 Å². The molecule has 1 aromatic rings. The zero-order valence-corrected chi connectivity index (χ0v) is 15.5. The Morgan fingerprint density at radius 2 is 1.39 bits per heavy atom. The lowest BCUT2D eigenvalue weighted by molar-refractivity contribution is 0.249. The third-order valence-corrected chi connectivity index (χ3v) is 5.48. The summed E-state index contributed by atoms with van der Waals surface area (Å²) in [6.45, 7) is 2.45. The van der Waals surface area contributed by atoms with Gasteiger partial charge in [-0.25, -0.2) is 0 Å². The molecule has 0 aliphatic heterocycles. The maximum atomic E-state index is 12.0. The number of rotatable bonds is 14. The van der Waals surface area contributed by atoms with Crippen molar-refractivity contribution in [1.29, 1.82) is 0 Å². The van der Waals surface area contributed by atoms with Crippen molar-refractivity contribution in [3.05, 3.63) is 35.9 Å². The van der Waals surface area contributed by atoms with Crippen LogP contribution in [-0.4, -0.2) is 11.1 Å². The monoisotopic (exact) mass is 340 g/mol. The minimum absolute atomic E-state index is 0.215. The van der Waals surface area contributed by atoms with Crippen molar-refractivity contribution >= 4 is 7.60 Å². The van der Waals surface area contributed by atoms with E-state index in [-0.39, 0.29) is 12.8 Å². The van der Waals surface area contributed by atoms with Gasteiger partial charge in [0.1, 0.15) is 0 Å². The average Bonchev–Trinajstić information content (AvgIpc) is 2.56. The molecule has 1 rings (SSSR count). The largest absolute Gasteiger partial charge is 0.328 e. The first-order valence-corrected chi connectivity index (χ1v) is 10.9. The van der Waals surface area contributed by atoms with Crippen molar-refractivity contribution in [2.75, 3.05) is 6.16 Å². The summed E-state index contributed by atoms with van der Waals surface area (Å²) >= 11 is 0. The highest BCUT2D eigenvalue weighted by molar-refractivity contribution is 7.52. The van der Waals surface area contributed by atoms with Crippen LogP contribution in [0, 0.1) is 0 Å². The molecule has 23 heavy (non-hydrogen) atoms. The molecule has 0 aliphatic rings. The van der Waals surface area contributed by atoms with Crippen LogP contribution in [0.1, 0.15) is 76.7 Å². The van der Waals surface area contributed by atoms with Gasteiger partial charge in [0.2, 0.25) is 0 Å². The van der Waals surface area contributed by atoms with E-state index in [4.69, 9.17) is 4.52 Å². The maximum Gasteiger partial charge on any atom is 0.328 e.